The van der Waals surface area contributed by atoms with Gasteiger partial charge in [0.05, 0.1) is 11.1 Å². The molecule has 2 aromatic carbocycles. The van der Waals surface area contributed by atoms with E-state index < -0.39 is 11.9 Å². The van der Waals surface area contributed by atoms with E-state index >= 15 is 0 Å². The minimum Gasteiger partial charge on any atom is -0.478 e. The largest absolute Gasteiger partial charge is 0.478 e. The lowest BCUT2D eigenvalue weighted by atomic mass is 9.89. The lowest BCUT2D eigenvalue weighted by Gasteiger charge is -2.26. The van der Waals surface area contributed by atoms with Crippen molar-refractivity contribution in [3.05, 3.63) is 71.3 Å². The molecule has 4 heteroatoms. The Morgan fingerprint density at radius 3 is 2.04 bits per heavy atom. The van der Waals surface area contributed by atoms with Crippen LogP contribution in [0.25, 0.3) is 0 Å². The van der Waals surface area contributed by atoms with Crippen LogP contribution in [0.4, 0.5) is 0 Å². The molecule has 1 N–H and O–H groups in total. The summed E-state index contributed by atoms with van der Waals surface area (Å²) in [6, 6.07) is 16.1. The maximum absolute atomic E-state index is 12.5. The van der Waals surface area contributed by atoms with Gasteiger partial charge in [0.15, 0.2) is 0 Å². The first-order chi connectivity index (χ1) is 11.6. The van der Waals surface area contributed by atoms with E-state index in [0.29, 0.717) is 6.42 Å². The third-order valence-electron chi connectivity index (χ3n) is 4.15. The summed E-state index contributed by atoms with van der Waals surface area (Å²) >= 11 is 0. The summed E-state index contributed by atoms with van der Waals surface area (Å²) < 4.78 is 5.68. The molecule has 0 aliphatic heterocycles. The minimum atomic E-state index is -1.13. The molecule has 2 aromatic rings. The summed E-state index contributed by atoms with van der Waals surface area (Å²) in [5.74, 6) is -1.64. The highest BCUT2D eigenvalue weighted by Crippen LogP contribution is 2.28. The Hall–Kier alpha value is -2.62. The van der Waals surface area contributed by atoms with Gasteiger partial charge in [-0.3, -0.25) is 0 Å². The van der Waals surface area contributed by atoms with Crippen molar-refractivity contribution in [3.63, 3.8) is 0 Å². The van der Waals surface area contributed by atoms with E-state index in [1.165, 1.54) is 12.1 Å². The Kier molecular flexibility index (Phi) is 6.13. The Labute approximate surface area is 142 Å². The quantitative estimate of drug-likeness (QED) is 0.760. The van der Waals surface area contributed by atoms with E-state index in [9.17, 15) is 14.7 Å². The maximum Gasteiger partial charge on any atom is 0.339 e. The number of carboxylic acid groups (broad SMARTS) is 1. The highest BCUT2D eigenvalue weighted by molar-refractivity contribution is 6.02. The molecular weight excluding hydrogens is 304 g/mol. The number of rotatable bonds is 7. The summed E-state index contributed by atoms with van der Waals surface area (Å²) in [4.78, 5) is 23.8. The van der Waals surface area contributed by atoms with Crippen LogP contribution in [0.3, 0.4) is 0 Å². The molecule has 0 spiro atoms. The van der Waals surface area contributed by atoms with Gasteiger partial charge in [-0.15, -0.1) is 0 Å². The third-order valence-corrected chi connectivity index (χ3v) is 4.15. The van der Waals surface area contributed by atoms with E-state index in [1.807, 2.05) is 37.3 Å². The van der Waals surface area contributed by atoms with Crippen LogP contribution in [0.5, 0.6) is 0 Å². The number of carbonyl (C=O) groups excluding carboxylic acids is 1. The summed E-state index contributed by atoms with van der Waals surface area (Å²) in [6.45, 7) is 4.02. The van der Waals surface area contributed by atoms with Crippen LogP contribution >= 0.6 is 0 Å². The zero-order valence-corrected chi connectivity index (χ0v) is 13.9. The number of benzene rings is 2. The van der Waals surface area contributed by atoms with Crippen LogP contribution in [-0.4, -0.2) is 23.1 Å². The first-order valence-corrected chi connectivity index (χ1v) is 8.16. The van der Waals surface area contributed by atoms with Crippen molar-refractivity contribution in [2.75, 3.05) is 0 Å². The molecule has 0 aliphatic rings. The van der Waals surface area contributed by atoms with Crippen LogP contribution in [0, 0.1) is 0 Å². The number of aromatic carboxylic acids is 1. The number of carboxylic acids is 1. The van der Waals surface area contributed by atoms with E-state index in [0.717, 1.165) is 12.0 Å². The van der Waals surface area contributed by atoms with Gasteiger partial charge in [0.1, 0.15) is 6.10 Å². The molecule has 0 radical (unpaired) electrons. The average molecular weight is 326 g/mol. The monoisotopic (exact) mass is 326 g/mol. The smallest absolute Gasteiger partial charge is 0.339 e. The van der Waals surface area contributed by atoms with Crippen molar-refractivity contribution in [2.24, 2.45) is 0 Å². The highest BCUT2D eigenvalue weighted by Gasteiger charge is 2.26. The fourth-order valence-corrected chi connectivity index (χ4v) is 2.91. The Balaban J connectivity index is 2.24. The second kappa shape index (κ2) is 8.29. The second-order valence-corrected chi connectivity index (χ2v) is 5.63. The van der Waals surface area contributed by atoms with Gasteiger partial charge in [0, 0.05) is 5.92 Å². The van der Waals surface area contributed by atoms with Crippen molar-refractivity contribution >= 4 is 11.9 Å². The Bertz CT molecular complexity index is 694. The van der Waals surface area contributed by atoms with Crippen molar-refractivity contribution in [3.8, 4) is 0 Å². The summed E-state index contributed by atoms with van der Waals surface area (Å²) in [7, 11) is 0. The van der Waals surface area contributed by atoms with Crippen LogP contribution in [-0.2, 0) is 4.74 Å². The molecular formula is C20H22O4. The van der Waals surface area contributed by atoms with Crippen LogP contribution in [0.2, 0.25) is 0 Å². The summed E-state index contributed by atoms with van der Waals surface area (Å²) in [6.07, 6.45) is 1.19. The van der Waals surface area contributed by atoms with Crippen LogP contribution in [0.15, 0.2) is 54.6 Å². The van der Waals surface area contributed by atoms with Crippen molar-refractivity contribution < 1.29 is 19.4 Å². The molecule has 0 aromatic heterocycles. The van der Waals surface area contributed by atoms with Gasteiger partial charge in [-0.2, -0.15) is 0 Å². The fourth-order valence-electron chi connectivity index (χ4n) is 2.91. The Morgan fingerprint density at radius 1 is 0.917 bits per heavy atom. The number of hydrogen-bond acceptors (Lipinski definition) is 3. The Morgan fingerprint density at radius 2 is 1.50 bits per heavy atom. The summed E-state index contributed by atoms with van der Waals surface area (Å²) in [5, 5.41) is 9.23. The van der Waals surface area contributed by atoms with Crippen molar-refractivity contribution in [1.82, 2.24) is 0 Å². The van der Waals surface area contributed by atoms with Gasteiger partial charge in [0.25, 0.3) is 0 Å². The topological polar surface area (TPSA) is 63.6 Å². The molecule has 0 saturated heterocycles. The van der Waals surface area contributed by atoms with E-state index in [1.54, 1.807) is 12.1 Å². The van der Waals surface area contributed by atoms with Gasteiger partial charge >= 0.3 is 11.9 Å². The third kappa shape index (κ3) is 4.02. The predicted octanol–water partition coefficient (Wildman–Crippen LogP) is 4.51. The lowest BCUT2D eigenvalue weighted by Crippen LogP contribution is -2.25. The van der Waals surface area contributed by atoms with Gasteiger partial charge < -0.3 is 9.84 Å². The second-order valence-electron chi connectivity index (χ2n) is 5.63. The number of ether oxygens (including phenoxy) is 1. The SMILES string of the molecule is CCC(c1ccccc1)[C@H](CC)OC(=O)c1ccccc1C(=O)O. The maximum atomic E-state index is 12.5. The summed E-state index contributed by atoms with van der Waals surface area (Å²) in [5.41, 5.74) is 1.17. The van der Waals surface area contributed by atoms with Gasteiger partial charge in [0.2, 0.25) is 0 Å². The van der Waals surface area contributed by atoms with Crippen LogP contribution in [0.1, 0.15) is 58.9 Å². The lowest BCUT2D eigenvalue weighted by molar-refractivity contribution is 0.0213. The standard InChI is InChI=1S/C20H22O4/c1-3-15(14-10-6-5-7-11-14)18(4-2)24-20(23)17-13-9-8-12-16(17)19(21)22/h5-13,15,18H,3-4H2,1-2H3,(H,21,22)/t15?,18-/m0/s1. The van der Waals surface area contributed by atoms with Gasteiger partial charge in [-0.1, -0.05) is 56.3 Å². The molecule has 0 aliphatic carbocycles. The molecule has 126 valence electrons. The molecule has 4 nitrogen and oxygen atoms in total. The molecule has 1 unspecified atom stereocenters. The highest BCUT2D eigenvalue weighted by atomic mass is 16.5. The first-order valence-electron chi connectivity index (χ1n) is 8.16. The van der Waals surface area contributed by atoms with Crippen LogP contribution < -0.4 is 0 Å². The molecule has 0 bridgehead atoms. The van der Waals surface area contributed by atoms with Crippen molar-refractivity contribution in [1.29, 1.82) is 0 Å². The normalized spacial score (nSPS) is 13.1. The fraction of sp³-hybridized carbons (Fsp3) is 0.300. The molecule has 0 fully saturated rings. The van der Waals surface area contributed by atoms with Gasteiger partial charge in [-0.25, -0.2) is 9.59 Å². The van der Waals surface area contributed by atoms with E-state index in [-0.39, 0.29) is 23.1 Å². The van der Waals surface area contributed by atoms with Crippen molar-refractivity contribution in [2.45, 2.75) is 38.7 Å². The molecule has 0 heterocycles. The number of hydrogen-bond donors (Lipinski definition) is 1. The molecule has 24 heavy (non-hydrogen) atoms. The predicted molar refractivity (Wildman–Crippen MR) is 92.4 cm³/mol. The van der Waals surface area contributed by atoms with Gasteiger partial charge in [-0.05, 0) is 30.5 Å². The number of esters is 1. The van der Waals surface area contributed by atoms with E-state index in [4.69, 9.17) is 4.74 Å². The zero-order valence-electron chi connectivity index (χ0n) is 13.9. The average Bonchev–Trinajstić information content (AvgIpc) is 2.62. The molecule has 2 rings (SSSR count). The minimum absolute atomic E-state index is 0.0369. The first kappa shape index (κ1) is 17.7. The molecule has 0 amide bonds. The van der Waals surface area contributed by atoms with E-state index in [2.05, 4.69) is 6.92 Å². The molecule has 2 atom stereocenters. The zero-order chi connectivity index (χ0) is 17.5. The number of carbonyl (C=O) groups is 2. The molecule has 0 saturated carbocycles.